The number of anilines is 2. The Balaban J connectivity index is 2.47. The van der Waals surface area contributed by atoms with Gasteiger partial charge in [-0.3, -0.25) is 0 Å². The maximum atomic E-state index is 5.79. The van der Waals surface area contributed by atoms with Crippen molar-refractivity contribution in [2.24, 2.45) is 0 Å². The highest BCUT2D eigenvalue weighted by Gasteiger charge is 2.05. The summed E-state index contributed by atoms with van der Waals surface area (Å²) in [5.41, 5.74) is 14.1. The molecule has 0 atom stereocenters. The van der Waals surface area contributed by atoms with Gasteiger partial charge >= 0.3 is 0 Å². The maximum Gasteiger partial charge on any atom is 0.203 e. The molecule has 0 fully saturated rings. The van der Waals surface area contributed by atoms with E-state index >= 15 is 0 Å². The van der Waals surface area contributed by atoms with Crippen LogP contribution in [0.25, 0.3) is 10.6 Å². The molecule has 14 heavy (non-hydrogen) atoms. The predicted octanol–water partition coefficient (Wildman–Crippen LogP) is 1.68. The van der Waals surface area contributed by atoms with Gasteiger partial charge in [0.2, 0.25) is 5.13 Å². The standard InChI is InChI=1S/C9H10N4S/c1-5-2-3-6(4-7(5)10)8-12-13-9(11)14-8/h2-4H,10H2,1H3,(H2,11,13). The molecule has 0 aliphatic carbocycles. The van der Waals surface area contributed by atoms with E-state index in [1.165, 1.54) is 11.3 Å². The number of aromatic nitrogens is 2. The number of aryl methyl sites for hydroxylation is 1. The van der Waals surface area contributed by atoms with Gasteiger partial charge in [0.05, 0.1) is 0 Å². The Morgan fingerprint density at radius 3 is 2.57 bits per heavy atom. The molecule has 0 bridgehead atoms. The van der Waals surface area contributed by atoms with Crippen molar-refractivity contribution >= 4 is 22.2 Å². The van der Waals surface area contributed by atoms with Gasteiger partial charge in [-0.05, 0) is 18.6 Å². The number of nitrogen functional groups attached to an aromatic ring is 2. The van der Waals surface area contributed by atoms with Crippen LogP contribution in [0.5, 0.6) is 0 Å². The maximum absolute atomic E-state index is 5.79. The van der Waals surface area contributed by atoms with E-state index < -0.39 is 0 Å². The largest absolute Gasteiger partial charge is 0.398 e. The monoisotopic (exact) mass is 206 g/mol. The number of hydrogen-bond acceptors (Lipinski definition) is 5. The molecule has 0 amide bonds. The number of nitrogens with two attached hydrogens (primary N) is 2. The first-order valence-corrected chi connectivity index (χ1v) is 4.94. The third kappa shape index (κ3) is 1.54. The Morgan fingerprint density at radius 2 is 2.00 bits per heavy atom. The average Bonchev–Trinajstić information content (AvgIpc) is 2.57. The van der Waals surface area contributed by atoms with Gasteiger partial charge in [0.15, 0.2) is 0 Å². The van der Waals surface area contributed by atoms with Gasteiger partial charge in [-0.2, -0.15) is 0 Å². The lowest BCUT2D eigenvalue weighted by Gasteiger charge is -2.00. The number of nitrogens with zero attached hydrogens (tertiary/aromatic N) is 2. The van der Waals surface area contributed by atoms with Crippen molar-refractivity contribution < 1.29 is 0 Å². The van der Waals surface area contributed by atoms with Crippen LogP contribution in [0.2, 0.25) is 0 Å². The molecule has 0 saturated carbocycles. The molecule has 0 radical (unpaired) electrons. The summed E-state index contributed by atoms with van der Waals surface area (Å²) in [7, 11) is 0. The fourth-order valence-corrected chi connectivity index (χ4v) is 1.73. The van der Waals surface area contributed by atoms with Gasteiger partial charge in [-0.25, -0.2) is 0 Å². The van der Waals surface area contributed by atoms with Crippen LogP contribution in [0.3, 0.4) is 0 Å². The van der Waals surface area contributed by atoms with E-state index in [9.17, 15) is 0 Å². The van der Waals surface area contributed by atoms with Gasteiger partial charge < -0.3 is 11.5 Å². The van der Waals surface area contributed by atoms with Gasteiger partial charge in [0.1, 0.15) is 5.01 Å². The van der Waals surface area contributed by atoms with Crippen molar-refractivity contribution in [1.82, 2.24) is 10.2 Å². The van der Waals surface area contributed by atoms with Gasteiger partial charge in [0.25, 0.3) is 0 Å². The Kier molecular flexibility index (Phi) is 2.09. The topological polar surface area (TPSA) is 77.8 Å². The second-order valence-corrected chi connectivity index (χ2v) is 4.03. The van der Waals surface area contributed by atoms with E-state index in [0.717, 1.165) is 21.8 Å². The lowest BCUT2D eigenvalue weighted by Crippen LogP contribution is -1.89. The Hall–Kier alpha value is -1.62. The quantitative estimate of drug-likeness (QED) is 0.696. The van der Waals surface area contributed by atoms with Crippen LogP contribution < -0.4 is 11.5 Å². The molecule has 0 unspecified atom stereocenters. The minimum absolute atomic E-state index is 0.471. The van der Waals surface area contributed by atoms with Gasteiger partial charge in [-0.15, -0.1) is 10.2 Å². The fraction of sp³-hybridized carbons (Fsp3) is 0.111. The normalized spacial score (nSPS) is 10.4. The number of hydrogen-bond donors (Lipinski definition) is 2. The van der Waals surface area contributed by atoms with E-state index in [1.807, 2.05) is 25.1 Å². The molecule has 1 aromatic heterocycles. The molecule has 0 saturated heterocycles. The zero-order valence-electron chi connectivity index (χ0n) is 7.69. The highest BCUT2D eigenvalue weighted by molar-refractivity contribution is 7.18. The third-order valence-electron chi connectivity index (χ3n) is 1.97. The van der Waals surface area contributed by atoms with E-state index in [1.54, 1.807) is 0 Å². The van der Waals surface area contributed by atoms with Crippen LogP contribution in [-0.2, 0) is 0 Å². The van der Waals surface area contributed by atoms with E-state index in [-0.39, 0.29) is 0 Å². The average molecular weight is 206 g/mol. The van der Waals surface area contributed by atoms with Crippen molar-refractivity contribution in [2.75, 3.05) is 11.5 Å². The molecular weight excluding hydrogens is 196 g/mol. The number of rotatable bonds is 1. The smallest absolute Gasteiger partial charge is 0.203 e. The molecule has 5 heteroatoms. The Bertz CT molecular complexity index is 464. The van der Waals surface area contributed by atoms with Crippen LogP contribution in [0.4, 0.5) is 10.8 Å². The van der Waals surface area contributed by atoms with Crippen molar-refractivity contribution in [3.63, 3.8) is 0 Å². The van der Waals surface area contributed by atoms with E-state index in [4.69, 9.17) is 11.5 Å². The molecule has 1 aromatic carbocycles. The van der Waals surface area contributed by atoms with Crippen LogP contribution in [0.15, 0.2) is 18.2 Å². The van der Waals surface area contributed by atoms with Crippen LogP contribution in [0.1, 0.15) is 5.56 Å². The molecule has 2 rings (SSSR count). The second kappa shape index (κ2) is 3.26. The zero-order valence-corrected chi connectivity index (χ0v) is 8.51. The molecule has 0 aliphatic heterocycles. The molecule has 72 valence electrons. The summed E-state index contributed by atoms with van der Waals surface area (Å²) in [6.07, 6.45) is 0. The van der Waals surface area contributed by atoms with Crippen molar-refractivity contribution in [3.8, 4) is 10.6 Å². The van der Waals surface area contributed by atoms with Crippen molar-refractivity contribution in [2.45, 2.75) is 6.92 Å². The summed E-state index contributed by atoms with van der Waals surface area (Å²) in [6.45, 7) is 1.97. The van der Waals surface area contributed by atoms with Gasteiger partial charge in [0, 0.05) is 11.3 Å². The van der Waals surface area contributed by atoms with Crippen LogP contribution >= 0.6 is 11.3 Å². The second-order valence-electron chi connectivity index (χ2n) is 3.02. The summed E-state index contributed by atoms with van der Waals surface area (Å²) < 4.78 is 0. The highest BCUT2D eigenvalue weighted by atomic mass is 32.1. The summed E-state index contributed by atoms with van der Waals surface area (Å²) in [6, 6.07) is 5.81. The Morgan fingerprint density at radius 1 is 1.21 bits per heavy atom. The minimum Gasteiger partial charge on any atom is -0.398 e. The van der Waals surface area contributed by atoms with Crippen molar-refractivity contribution in [3.05, 3.63) is 23.8 Å². The lowest BCUT2D eigenvalue weighted by molar-refractivity contribution is 1.10. The third-order valence-corrected chi connectivity index (χ3v) is 2.77. The Labute approximate surface area is 85.6 Å². The minimum atomic E-state index is 0.471. The lowest BCUT2D eigenvalue weighted by atomic mass is 10.1. The summed E-state index contributed by atoms with van der Waals surface area (Å²) in [5, 5.41) is 8.97. The number of benzene rings is 1. The first-order valence-electron chi connectivity index (χ1n) is 4.12. The SMILES string of the molecule is Cc1ccc(-c2nnc(N)s2)cc1N. The van der Waals surface area contributed by atoms with Gasteiger partial charge in [-0.1, -0.05) is 23.5 Å². The molecule has 0 aliphatic rings. The van der Waals surface area contributed by atoms with Crippen LogP contribution in [-0.4, -0.2) is 10.2 Å². The van der Waals surface area contributed by atoms with E-state index in [2.05, 4.69) is 10.2 Å². The summed E-state index contributed by atoms with van der Waals surface area (Å²) in [5.74, 6) is 0. The molecule has 4 N–H and O–H groups in total. The zero-order chi connectivity index (χ0) is 10.1. The molecule has 2 aromatic rings. The van der Waals surface area contributed by atoms with E-state index in [0.29, 0.717) is 5.13 Å². The predicted molar refractivity (Wildman–Crippen MR) is 58.9 cm³/mol. The highest BCUT2D eigenvalue weighted by Crippen LogP contribution is 2.27. The first kappa shape index (κ1) is 8.96. The fourth-order valence-electron chi connectivity index (χ4n) is 1.12. The molecular formula is C9H10N4S. The molecule has 1 heterocycles. The van der Waals surface area contributed by atoms with Crippen molar-refractivity contribution in [1.29, 1.82) is 0 Å². The summed E-state index contributed by atoms with van der Waals surface area (Å²) in [4.78, 5) is 0. The van der Waals surface area contributed by atoms with Crippen LogP contribution in [0, 0.1) is 6.92 Å². The molecule has 0 spiro atoms. The summed E-state index contributed by atoms with van der Waals surface area (Å²) >= 11 is 1.36. The first-order chi connectivity index (χ1) is 6.66. The molecule has 4 nitrogen and oxygen atoms in total.